The van der Waals surface area contributed by atoms with Crippen LogP contribution >= 0.6 is 0 Å². The Kier molecular flexibility index (Phi) is 9.43. The molecule has 1 aliphatic heterocycles. The first-order chi connectivity index (χ1) is 15.1. The van der Waals surface area contributed by atoms with Crippen molar-refractivity contribution in [3.05, 3.63) is 0 Å². The molecule has 0 aromatic rings. The lowest BCUT2D eigenvalue weighted by Gasteiger charge is -2.52. The van der Waals surface area contributed by atoms with Crippen molar-refractivity contribution in [2.75, 3.05) is 19.5 Å². The summed E-state index contributed by atoms with van der Waals surface area (Å²) in [7, 11) is -9.34. The van der Waals surface area contributed by atoms with E-state index in [9.17, 15) is 13.2 Å². The van der Waals surface area contributed by atoms with Gasteiger partial charge in [-0.3, -0.25) is 8.98 Å². The first-order valence-electron chi connectivity index (χ1n) is 12.1. The molecule has 0 bridgehead atoms. The number of esters is 1. The first kappa shape index (κ1) is 28.9. The monoisotopic (exact) mass is 524 g/mol. The van der Waals surface area contributed by atoms with E-state index in [0.29, 0.717) is 13.0 Å². The fourth-order valence-electron chi connectivity index (χ4n) is 5.41. The SMILES string of the molecule is CC(=O)OC[C@@H]1C[C@@H]2CO[Si](C(C)C)(C(C)C)O[Si](C(C)C)(C(C)C)O[C@H]2[C@H]1OS(C)(=O)=O. The van der Waals surface area contributed by atoms with Gasteiger partial charge in [-0.25, -0.2) is 0 Å². The maximum atomic E-state index is 12.2. The van der Waals surface area contributed by atoms with Crippen molar-refractivity contribution in [1.82, 2.24) is 0 Å². The maximum Gasteiger partial charge on any atom is 0.335 e. The summed E-state index contributed by atoms with van der Waals surface area (Å²) in [5.41, 5.74) is 0.693. The first-order valence-corrected chi connectivity index (χ1v) is 17.8. The Hall–Kier alpha value is -0.306. The molecular weight excluding hydrogens is 480 g/mol. The normalized spacial score (nSPS) is 29.9. The third kappa shape index (κ3) is 6.28. The Morgan fingerprint density at radius 1 is 0.970 bits per heavy atom. The topological polar surface area (TPSA) is 97.4 Å². The summed E-state index contributed by atoms with van der Waals surface area (Å²) in [6, 6.07) is 0. The molecule has 0 aromatic carbocycles. The van der Waals surface area contributed by atoms with Gasteiger partial charge in [0.25, 0.3) is 10.1 Å². The number of rotatable bonds is 8. The average molecular weight is 525 g/mol. The van der Waals surface area contributed by atoms with Crippen LogP contribution in [0.4, 0.5) is 0 Å². The summed E-state index contributed by atoms with van der Waals surface area (Å²) >= 11 is 0. The van der Waals surface area contributed by atoms with Crippen molar-refractivity contribution < 1.29 is 35.1 Å². The molecule has 2 rings (SSSR count). The number of hydrogen-bond acceptors (Lipinski definition) is 8. The Morgan fingerprint density at radius 2 is 1.48 bits per heavy atom. The zero-order valence-corrected chi connectivity index (χ0v) is 24.7. The minimum Gasteiger partial charge on any atom is -0.465 e. The second-order valence-electron chi connectivity index (χ2n) is 10.9. The van der Waals surface area contributed by atoms with Gasteiger partial charge in [0.05, 0.1) is 19.0 Å². The summed E-state index contributed by atoms with van der Waals surface area (Å²) in [5.74, 6) is -0.785. The van der Waals surface area contributed by atoms with Crippen LogP contribution in [0.25, 0.3) is 0 Å². The molecule has 2 fully saturated rings. The van der Waals surface area contributed by atoms with Crippen molar-refractivity contribution in [3.63, 3.8) is 0 Å². The predicted molar refractivity (Wildman–Crippen MR) is 132 cm³/mol. The van der Waals surface area contributed by atoms with Crippen molar-refractivity contribution in [2.24, 2.45) is 11.8 Å². The van der Waals surface area contributed by atoms with Crippen LogP contribution in [0.5, 0.6) is 0 Å². The van der Waals surface area contributed by atoms with Gasteiger partial charge in [-0.15, -0.1) is 0 Å². The molecule has 0 N–H and O–H groups in total. The van der Waals surface area contributed by atoms with Gasteiger partial charge in [0.2, 0.25) is 0 Å². The van der Waals surface area contributed by atoms with E-state index in [-0.39, 0.29) is 40.6 Å². The summed E-state index contributed by atoms with van der Waals surface area (Å²) in [5, 5.41) is 0. The van der Waals surface area contributed by atoms with E-state index in [4.69, 9.17) is 21.9 Å². The van der Waals surface area contributed by atoms with Gasteiger partial charge in [0.1, 0.15) is 6.10 Å². The Labute approximate surface area is 202 Å². The van der Waals surface area contributed by atoms with Gasteiger partial charge < -0.3 is 17.7 Å². The van der Waals surface area contributed by atoms with Crippen LogP contribution < -0.4 is 0 Å². The number of carbonyl (C=O) groups excluding carboxylic acids is 1. The number of fused-ring (bicyclic) bond motifs is 1. The van der Waals surface area contributed by atoms with Gasteiger partial charge in [0.15, 0.2) is 0 Å². The van der Waals surface area contributed by atoms with E-state index in [1.807, 2.05) is 0 Å². The summed E-state index contributed by atoms with van der Waals surface area (Å²) in [6.45, 7) is 19.0. The Balaban J connectivity index is 2.58. The molecule has 8 nitrogen and oxygen atoms in total. The van der Waals surface area contributed by atoms with Crippen LogP contribution in [0.2, 0.25) is 22.2 Å². The second-order valence-corrected chi connectivity index (χ2v) is 21.3. The predicted octanol–water partition coefficient (Wildman–Crippen LogP) is 4.49. The van der Waals surface area contributed by atoms with Gasteiger partial charge in [-0.05, 0) is 28.6 Å². The molecule has 1 heterocycles. The second kappa shape index (κ2) is 10.8. The van der Waals surface area contributed by atoms with Crippen LogP contribution in [0, 0.1) is 11.8 Å². The number of carbonyl (C=O) groups is 1. The van der Waals surface area contributed by atoms with E-state index < -0.39 is 45.4 Å². The van der Waals surface area contributed by atoms with Crippen molar-refractivity contribution in [3.8, 4) is 0 Å². The fraction of sp³-hybridized carbons (Fsp3) is 0.955. The van der Waals surface area contributed by atoms with Gasteiger partial charge in [-0.1, -0.05) is 55.4 Å². The minimum absolute atomic E-state index is 0.0741. The van der Waals surface area contributed by atoms with Crippen LogP contribution in [0.15, 0.2) is 0 Å². The zero-order chi connectivity index (χ0) is 25.4. The maximum absolute atomic E-state index is 12.2. The lowest BCUT2D eigenvalue weighted by Crippen LogP contribution is -2.65. The third-order valence-corrected chi connectivity index (χ3v) is 17.8. The molecule has 1 saturated carbocycles. The highest BCUT2D eigenvalue weighted by molar-refractivity contribution is 7.86. The highest BCUT2D eigenvalue weighted by Gasteiger charge is 2.61. The van der Waals surface area contributed by atoms with Crippen LogP contribution in [-0.4, -0.2) is 63.2 Å². The number of ether oxygens (including phenoxy) is 1. The summed E-state index contributed by atoms with van der Waals surface area (Å²) in [6.07, 6.45) is 0.375. The molecular formula is C22H44O8SSi2. The molecule has 33 heavy (non-hydrogen) atoms. The standard InChI is InChI=1S/C22H44O8SSi2/c1-14(2)32(15(3)4)27-13-20-11-19(12-26-18(9)23)21(28-31(10,24)25)22(20)29-33(30-32,16(5)6)17(7)8/h14-17,19-22H,11-13H2,1-10H3/t19-,20+,21-,22+/m0/s1. The molecule has 0 radical (unpaired) electrons. The molecule has 0 aromatic heterocycles. The van der Waals surface area contributed by atoms with Crippen LogP contribution in [-0.2, 0) is 36.8 Å². The molecule has 194 valence electrons. The van der Waals surface area contributed by atoms with Gasteiger partial charge in [-0.2, -0.15) is 8.42 Å². The van der Waals surface area contributed by atoms with E-state index in [2.05, 4.69) is 55.4 Å². The average Bonchev–Trinajstić information content (AvgIpc) is 2.93. The Bertz CT molecular complexity index is 767. The lowest BCUT2D eigenvalue weighted by atomic mass is 10.1. The van der Waals surface area contributed by atoms with Crippen molar-refractivity contribution in [1.29, 1.82) is 0 Å². The zero-order valence-electron chi connectivity index (χ0n) is 21.9. The molecule has 0 unspecified atom stereocenters. The Morgan fingerprint density at radius 3 is 1.91 bits per heavy atom. The van der Waals surface area contributed by atoms with E-state index in [1.54, 1.807) is 0 Å². The van der Waals surface area contributed by atoms with Crippen LogP contribution in [0.1, 0.15) is 68.7 Å². The highest BCUT2D eigenvalue weighted by atomic mass is 32.2. The molecule has 2 aliphatic rings. The number of hydrogen-bond donors (Lipinski definition) is 0. The summed E-state index contributed by atoms with van der Waals surface area (Å²) in [4.78, 5) is 11.5. The largest absolute Gasteiger partial charge is 0.465 e. The third-order valence-electron chi connectivity index (χ3n) is 7.03. The highest BCUT2D eigenvalue weighted by Crippen LogP contribution is 2.50. The lowest BCUT2D eigenvalue weighted by molar-refractivity contribution is -0.143. The molecule has 4 atom stereocenters. The molecule has 1 saturated heterocycles. The van der Waals surface area contributed by atoms with E-state index >= 15 is 0 Å². The molecule has 11 heteroatoms. The molecule has 1 aliphatic carbocycles. The summed E-state index contributed by atoms with van der Waals surface area (Å²) < 4.78 is 56.2. The van der Waals surface area contributed by atoms with Gasteiger partial charge >= 0.3 is 23.1 Å². The quantitative estimate of drug-likeness (QED) is 0.260. The van der Waals surface area contributed by atoms with Crippen molar-refractivity contribution in [2.45, 2.75) is 103 Å². The molecule has 0 spiro atoms. The molecule has 0 amide bonds. The fourth-order valence-corrected chi connectivity index (χ4v) is 17.4. The van der Waals surface area contributed by atoms with Crippen molar-refractivity contribution >= 4 is 33.2 Å². The minimum atomic E-state index is -3.76. The van der Waals surface area contributed by atoms with Crippen LogP contribution in [0.3, 0.4) is 0 Å². The van der Waals surface area contributed by atoms with E-state index in [0.717, 1.165) is 6.26 Å². The smallest absolute Gasteiger partial charge is 0.335 e. The van der Waals surface area contributed by atoms with E-state index in [1.165, 1.54) is 6.92 Å². The van der Waals surface area contributed by atoms with Gasteiger partial charge in [0, 0.05) is 25.4 Å².